The first-order chi connectivity index (χ1) is 14.4. The number of halogens is 2. The largest absolute Gasteiger partial charge is 0.495 e. The van der Waals surface area contributed by atoms with Crippen LogP contribution in [0.1, 0.15) is 16.8 Å². The lowest BCUT2D eigenvalue weighted by Gasteiger charge is -2.28. The number of amides is 1. The van der Waals surface area contributed by atoms with Gasteiger partial charge in [-0.1, -0.05) is 29.3 Å². The number of ether oxygens (including phenoxy) is 1. The van der Waals surface area contributed by atoms with Gasteiger partial charge in [-0.3, -0.25) is 14.5 Å². The number of aromatic nitrogens is 1. The third-order valence-corrected chi connectivity index (χ3v) is 6.17. The lowest BCUT2D eigenvalue weighted by molar-refractivity contribution is -0.117. The summed E-state index contributed by atoms with van der Waals surface area (Å²) in [7, 11) is 1.56. The molecule has 1 aromatic heterocycles. The lowest BCUT2D eigenvalue weighted by Crippen LogP contribution is -2.39. The summed E-state index contributed by atoms with van der Waals surface area (Å²) in [4.78, 5) is 31.0. The first-order valence-corrected chi connectivity index (χ1v) is 10.3. The van der Waals surface area contributed by atoms with E-state index in [-0.39, 0.29) is 17.9 Å². The van der Waals surface area contributed by atoms with Crippen molar-refractivity contribution in [3.63, 3.8) is 0 Å². The summed E-state index contributed by atoms with van der Waals surface area (Å²) in [5.74, 6) is 0.425. The maximum atomic E-state index is 13.2. The van der Waals surface area contributed by atoms with E-state index in [1.165, 1.54) is 0 Å². The maximum absolute atomic E-state index is 13.2. The second-order valence-corrected chi connectivity index (χ2v) is 8.15. The van der Waals surface area contributed by atoms with Crippen LogP contribution in [-0.4, -0.2) is 36.0 Å². The molecule has 0 unspecified atom stereocenters. The summed E-state index contributed by atoms with van der Waals surface area (Å²) in [5.41, 5.74) is 3.48. The van der Waals surface area contributed by atoms with Crippen molar-refractivity contribution >= 4 is 45.7 Å². The molecule has 156 valence electrons. The van der Waals surface area contributed by atoms with Gasteiger partial charge in [0.25, 0.3) is 0 Å². The molecule has 0 bridgehead atoms. The number of methoxy groups -OCH3 is 1. The molecule has 30 heavy (non-hydrogen) atoms. The number of aromatic amines is 1. The molecule has 6 nitrogen and oxygen atoms in total. The average molecular weight is 446 g/mol. The van der Waals surface area contributed by atoms with Gasteiger partial charge in [0.2, 0.25) is 5.91 Å². The zero-order chi connectivity index (χ0) is 21.4. The van der Waals surface area contributed by atoms with E-state index in [0.717, 1.165) is 11.3 Å². The van der Waals surface area contributed by atoms with Crippen LogP contribution < -0.4 is 15.5 Å². The van der Waals surface area contributed by atoms with E-state index in [2.05, 4.69) is 10.3 Å². The van der Waals surface area contributed by atoms with Gasteiger partial charge in [0.15, 0.2) is 5.43 Å². The molecule has 0 aliphatic carbocycles. The Morgan fingerprint density at radius 2 is 2.03 bits per heavy atom. The first-order valence-electron chi connectivity index (χ1n) is 9.56. The molecule has 0 saturated heterocycles. The fourth-order valence-electron chi connectivity index (χ4n) is 3.81. The summed E-state index contributed by atoms with van der Waals surface area (Å²) < 4.78 is 5.38. The fourth-order valence-corrected chi connectivity index (χ4v) is 4.23. The topological polar surface area (TPSA) is 74.4 Å². The Balaban J connectivity index is 1.57. The van der Waals surface area contributed by atoms with Gasteiger partial charge in [0.05, 0.1) is 29.6 Å². The predicted octanol–water partition coefficient (Wildman–Crippen LogP) is 4.15. The van der Waals surface area contributed by atoms with Crippen molar-refractivity contribution in [2.45, 2.75) is 19.9 Å². The minimum absolute atomic E-state index is 0.126. The van der Waals surface area contributed by atoms with Crippen LogP contribution in [0.3, 0.4) is 0 Å². The van der Waals surface area contributed by atoms with E-state index in [1.54, 1.807) is 31.4 Å². The Labute approximate surface area is 183 Å². The highest BCUT2D eigenvalue weighted by molar-refractivity contribution is 6.35. The summed E-state index contributed by atoms with van der Waals surface area (Å²) in [6.07, 6.45) is 0.625. The highest BCUT2D eigenvalue weighted by Crippen LogP contribution is 2.30. The number of fused-ring (bicyclic) bond motifs is 2. The molecule has 0 spiro atoms. The minimum Gasteiger partial charge on any atom is -0.495 e. The van der Waals surface area contributed by atoms with Crippen molar-refractivity contribution in [1.29, 1.82) is 0 Å². The van der Waals surface area contributed by atoms with Crippen molar-refractivity contribution in [2.75, 3.05) is 25.5 Å². The van der Waals surface area contributed by atoms with Crippen molar-refractivity contribution in [3.05, 3.63) is 67.4 Å². The molecule has 1 amide bonds. The van der Waals surface area contributed by atoms with Gasteiger partial charge >= 0.3 is 0 Å². The van der Waals surface area contributed by atoms with Gasteiger partial charge in [-0.2, -0.15) is 0 Å². The van der Waals surface area contributed by atoms with E-state index in [9.17, 15) is 9.59 Å². The molecule has 0 saturated carbocycles. The minimum atomic E-state index is -0.152. The Bertz CT molecular complexity index is 1210. The van der Waals surface area contributed by atoms with E-state index in [0.29, 0.717) is 57.5 Å². The van der Waals surface area contributed by atoms with Crippen LogP contribution >= 0.6 is 23.2 Å². The summed E-state index contributed by atoms with van der Waals surface area (Å²) >= 11 is 12.4. The number of carbonyl (C=O) groups excluding carboxylic acids is 1. The van der Waals surface area contributed by atoms with Crippen LogP contribution in [0.15, 0.2) is 35.1 Å². The van der Waals surface area contributed by atoms with E-state index >= 15 is 0 Å². The third kappa shape index (κ3) is 3.78. The highest BCUT2D eigenvalue weighted by atomic mass is 35.5. The van der Waals surface area contributed by atoms with Crippen LogP contribution in [0.2, 0.25) is 10.0 Å². The average Bonchev–Trinajstić information content (AvgIpc) is 2.72. The summed E-state index contributed by atoms with van der Waals surface area (Å²) in [6.45, 7) is 3.06. The highest BCUT2D eigenvalue weighted by Gasteiger charge is 2.24. The number of anilines is 1. The number of hydrogen-bond acceptors (Lipinski definition) is 4. The number of pyridine rings is 1. The molecule has 2 heterocycles. The van der Waals surface area contributed by atoms with Gasteiger partial charge in [-0.25, -0.2) is 0 Å². The number of hydrogen-bond donors (Lipinski definition) is 2. The molecule has 2 N–H and O–H groups in total. The smallest absolute Gasteiger partial charge is 0.238 e. The van der Waals surface area contributed by atoms with Crippen molar-refractivity contribution in [2.24, 2.45) is 0 Å². The third-order valence-electron chi connectivity index (χ3n) is 5.45. The molecule has 1 aliphatic rings. The molecule has 2 aromatic carbocycles. The predicted molar refractivity (Wildman–Crippen MR) is 120 cm³/mol. The fraction of sp³-hybridized carbons (Fsp3) is 0.273. The second kappa shape index (κ2) is 8.30. The van der Waals surface area contributed by atoms with E-state index in [1.807, 2.05) is 17.9 Å². The summed E-state index contributed by atoms with van der Waals surface area (Å²) in [5, 5.41) is 4.29. The van der Waals surface area contributed by atoms with Crippen LogP contribution in [-0.2, 0) is 17.8 Å². The van der Waals surface area contributed by atoms with Crippen LogP contribution in [0.25, 0.3) is 10.9 Å². The van der Waals surface area contributed by atoms with E-state index in [4.69, 9.17) is 27.9 Å². The summed E-state index contributed by atoms with van der Waals surface area (Å²) in [6, 6.07) is 8.79. The molecule has 0 radical (unpaired) electrons. The number of nitrogens with one attached hydrogen (secondary N) is 2. The number of nitrogens with zero attached hydrogens (tertiary/aromatic N) is 1. The molecule has 1 aliphatic heterocycles. The maximum Gasteiger partial charge on any atom is 0.238 e. The van der Waals surface area contributed by atoms with Gasteiger partial charge in [-0.05, 0) is 36.8 Å². The molecule has 4 rings (SSSR count). The Kier molecular flexibility index (Phi) is 5.73. The number of benzene rings is 2. The quantitative estimate of drug-likeness (QED) is 0.632. The van der Waals surface area contributed by atoms with Gasteiger partial charge < -0.3 is 15.0 Å². The van der Waals surface area contributed by atoms with Crippen molar-refractivity contribution in [3.8, 4) is 5.75 Å². The van der Waals surface area contributed by atoms with E-state index < -0.39 is 0 Å². The zero-order valence-electron chi connectivity index (χ0n) is 16.6. The van der Waals surface area contributed by atoms with Crippen LogP contribution in [0, 0.1) is 6.92 Å². The monoisotopic (exact) mass is 445 g/mol. The number of rotatable bonds is 4. The van der Waals surface area contributed by atoms with Gasteiger partial charge in [0.1, 0.15) is 5.75 Å². The molecular formula is C22H21Cl2N3O3. The molecular weight excluding hydrogens is 425 g/mol. The Morgan fingerprint density at radius 1 is 1.23 bits per heavy atom. The number of H-pyrrole nitrogens is 1. The Morgan fingerprint density at radius 3 is 2.80 bits per heavy atom. The molecule has 8 heteroatoms. The van der Waals surface area contributed by atoms with Gasteiger partial charge in [-0.15, -0.1) is 0 Å². The lowest BCUT2D eigenvalue weighted by atomic mass is 10.0. The van der Waals surface area contributed by atoms with Gasteiger partial charge in [0, 0.05) is 41.5 Å². The first kappa shape index (κ1) is 20.7. The zero-order valence-corrected chi connectivity index (χ0v) is 18.2. The molecule has 0 atom stereocenters. The Hall–Kier alpha value is -2.54. The SMILES string of the molecule is COc1ccc(Cl)c2c(=O)c3c([nH]c12)CCN(CC(=O)Nc1cccc(Cl)c1C)C3. The standard InChI is InChI=1S/C22H21Cl2N3O3/c1-12-14(23)4-3-5-16(12)25-19(28)11-27-9-8-17-13(10-27)22(29)20-15(24)6-7-18(30-2)21(20)26-17/h3-7H,8-11H2,1-2H3,(H,25,28)(H,26,29). The number of carbonyl (C=O) groups is 1. The molecule has 3 aromatic rings. The van der Waals surface area contributed by atoms with Crippen LogP contribution in [0.4, 0.5) is 5.69 Å². The van der Waals surface area contributed by atoms with Crippen molar-refractivity contribution < 1.29 is 9.53 Å². The normalized spacial score (nSPS) is 13.9. The van der Waals surface area contributed by atoms with Crippen LogP contribution in [0.5, 0.6) is 5.75 Å². The molecule has 0 fully saturated rings. The second-order valence-electron chi connectivity index (χ2n) is 7.33. The van der Waals surface area contributed by atoms with Crippen molar-refractivity contribution in [1.82, 2.24) is 9.88 Å².